The average Bonchev–Trinajstić information content (AvgIpc) is 3.47. The molecular weight excluding hydrogens is 526 g/mol. The lowest BCUT2D eigenvalue weighted by molar-refractivity contribution is 0.568. The molecule has 13 heteroatoms. The molecular formula is C24H21ClF2N6O3S. The molecule has 5 rings (SSSR count). The van der Waals surface area contributed by atoms with E-state index in [0.717, 1.165) is 16.9 Å². The molecule has 3 aromatic heterocycles. The van der Waals surface area contributed by atoms with Gasteiger partial charge in [0.15, 0.2) is 21.5 Å². The number of aromatic nitrogens is 6. The Bertz CT molecular complexity index is 1860. The van der Waals surface area contributed by atoms with Crippen LogP contribution in [0.25, 0.3) is 16.9 Å². The number of hydrogen-bond donors (Lipinski definition) is 0. The van der Waals surface area contributed by atoms with Crippen LogP contribution in [0.1, 0.15) is 45.1 Å². The van der Waals surface area contributed by atoms with E-state index in [-0.39, 0.29) is 39.6 Å². The molecule has 1 aliphatic carbocycles. The maximum atomic E-state index is 16.0. The molecule has 0 aliphatic heterocycles. The van der Waals surface area contributed by atoms with Gasteiger partial charge in [-0.15, -0.1) is 0 Å². The predicted molar refractivity (Wildman–Crippen MR) is 132 cm³/mol. The summed E-state index contributed by atoms with van der Waals surface area (Å²) in [6.07, 6.45) is 3.91. The minimum absolute atomic E-state index is 0.0886. The molecule has 3 heterocycles. The van der Waals surface area contributed by atoms with Crippen molar-refractivity contribution in [2.24, 2.45) is 6.98 Å². The van der Waals surface area contributed by atoms with E-state index in [9.17, 15) is 13.2 Å². The standard InChI is InChI=1S/C24H21ClF2N6O3S/c1-11-9-28-22(13-6-5-7-17(19(13)26)37(4,35)36)20(27)23(11)33-12(2)30-21(18(25)24(33)34)15-8-14(15)16-10-29-32(3)31-16/h5-7,9-10,14-15H,8H2,1-4H3/t14-,15-/m0/s1/i3D3. The molecule has 0 N–H and O–H groups in total. The highest BCUT2D eigenvalue weighted by atomic mass is 35.5. The third-order valence-corrected chi connectivity index (χ3v) is 7.74. The van der Waals surface area contributed by atoms with Crippen molar-refractivity contribution in [3.8, 4) is 16.9 Å². The van der Waals surface area contributed by atoms with Crippen LogP contribution >= 0.6 is 11.6 Å². The molecule has 0 bridgehead atoms. The van der Waals surface area contributed by atoms with Gasteiger partial charge in [0.25, 0.3) is 5.56 Å². The minimum Gasteiger partial charge on any atom is -0.267 e. The zero-order valence-electron chi connectivity index (χ0n) is 22.7. The molecule has 1 fully saturated rings. The first-order valence-electron chi connectivity index (χ1n) is 12.5. The minimum atomic E-state index is -3.95. The first kappa shape index (κ1) is 21.6. The van der Waals surface area contributed by atoms with Gasteiger partial charge >= 0.3 is 0 Å². The summed E-state index contributed by atoms with van der Waals surface area (Å²) in [6, 6.07) is 3.52. The van der Waals surface area contributed by atoms with Gasteiger partial charge in [0, 0.05) is 40.9 Å². The maximum Gasteiger partial charge on any atom is 0.277 e. The summed E-state index contributed by atoms with van der Waals surface area (Å²) < 4.78 is 78.3. The second-order valence-electron chi connectivity index (χ2n) is 8.85. The quantitative estimate of drug-likeness (QED) is 0.373. The Kier molecular flexibility index (Phi) is 5.13. The van der Waals surface area contributed by atoms with E-state index in [1.165, 1.54) is 38.4 Å². The number of nitrogens with zero attached hydrogens (tertiary/aromatic N) is 6. The van der Waals surface area contributed by atoms with E-state index < -0.39 is 50.2 Å². The van der Waals surface area contributed by atoms with Crippen molar-refractivity contribution < 1.29 is 21.3 Å². The Labute approximate surface area is 219 Å². The zero-order valence-corrected chi connectivity index (χ0v) is 21.3. The Balaban J connectivity index is 1.58. The van der Waals surface area contributed by atoms with E-state index in [1.54, 1.807) is 0 Å². The molecule has 0 spiro atoms. The zero-order chi connectivity index (χ0) is 29.3. The van der Waals surface area contributed by atoms with Crippen LogP contribution in [0.4, 0.5) is 8.78 Å². The van der Waals surface area contributed by atoms with Gasteiger partial charge < -0.3 is 0 Å². The molecule has 0 amide bonds. The lowest BCUT2D eigenvalue weighted by atomic mass is 10.1. The fourth-order valence-corrected chi connectivity index (χ4v) is 5.44. The molecule has 37 heavy (non-hydrogen) atoms. The van der Waals surface area contributed by atoms with Crippen LogP contribution in [0, 0.1) is 25.5 Å². The van der Waals surface area contributed by atoms with Crippen LogP contribution in [0.5, 0.6) is 0 Å². The van der Waals surface area contributed by atoms with Crippen LogP contribution < -0.4 is 5.56 Å². The number of benzene rings is 1. The Morgan fingerprint density at radius 3 is 2.59 bits per heavy atom. The fourth-order valence-electron chi connectivity index (χ4n) is 4.41. The molecule has 2 atom stereocenters. The molecule has 0 saturated heterocycles. The van der Waals surface area contributed by atoms with Gasteiger partial charge in [-0.1, -0.05) is 17.7 Å². The number of halogens is 3. The van der Waals surface area contributed by atoms with E-state index in [2.05, 4.69) is 20.2 Å². The van der Waals surface area contributed by atoms with Crippen molar-refractivity contribution in [2.45, 2.75) is 37.0 Å². The first-order chi connectivity index (χ1) is 18.6. The number of hydrogen-bond acceptors (Lipinski definition) is 7. The Hall–Kier alpha value is -3.51. The van der Waals surface area contributed by atoms with Crippen molar-refractivity contribution in [1.29, 1.82) is 0 Å². The Morgan fingerprint density at radius 1 is 1.16 bits per heavy atom. The molecule has 1 aliphatic rings. The van der Waals surface area contributed by atoms with Gasteiger partial charge in [-0.3, -0.25) is 14.3 Å². The molecule has 0 unspecified atom stereocenters. The maximum absolute atomic E-state index is 16.0. The summed E-state index contributed by atoms with van der Waals surface area (Å²) in [7, 11) is -3.95. The van der Waals surface area contributed by atoms with Gasteiger partial charge in [0.05, 0.1) is 23.3 Å². The van der Waals surface area contributed by atoms with Crippen LogP contribution in [0.2, 0.25) is 5.02 Å². The van der Waals surface area contributed by atoms with E-state index in [0.29, 0.717) is 16.9 Å². The Morgan fingerprint density at radius 2 is 1.92 bits per heavy atom. The van der Waals surface area contributed by atoms with E-state index >= 15 is 8.78 Å². The van der Waals surface area contributed by atoms with Gasteiger partial charge in [-0.05, 0) is 38.0 Å². The average molecular weight is 550 g/mol. The summed E-state index contributed by atoms with van der Waals surface area (Å²) in [5.41, 5.74) is -1.02. The second kappa shape index (κ2) is 8.80. The number of sulfone groups is 1. The molecule has 4 aromatic rings. The first-order valence-corrected chi connectivity index (χ1v) is 13.2. The summed E-state index contributed by atoms with van der Waals surface area (Å²) in [5, 5.41) is 7.53. The molecule has 1 saturated carbocycles. The third-order valence-electron chi connectivity index (χ3n) is 6.27. The number of pyridine rings is 1. The largest absolute Gasteiger partial charge is 0.277 e. The van der Waals surface area contributed by atoms with Gasteiger partial charge in [0.1, 0.15) is 21.4 Å². The molecule has 192 valence electrons. The van der Waals surface area contributed by atoms with Crippen molar-refractivity contribution in [3.05, 3.63) is 80.4 Å². The lowest BCUT2D eigenvalue weighted by Gasteiger charge is -2.17. The summed E-state index contributed by atoms with van der Waals surface area (Å²) in [4.78, 5) is 22.0. The molecule has 0 radical (unpaired) electrons. The van der Waals surface area contributed by atoms with Crippen molar-refractivity contribution >= 4 is 21.4 Å². The molecule has 1 aromatic carbocycles. The lowest BCUT2D eigenvalue weighted by Crippen LogP contribution is -2.26. The van der Waals surface area contributed by atoms with Gasteiger partial charge in [0.2, 0.25) is 0 Å². The number of rotatable bonds is 5. The molecule has 9 nitrogen and oxygen atoms in total. The van der Waals surface area contributed by atoms with Crippen LogP contribution in [-0.4, -0.2) is 44.2 Å². The van der Waals surface area contributed by atoms with Crippen LogP contribution in [0.3, 0.4) is 0 Å². The highest BCUT2D eigenvalue weighted by Gasteiger charge is 2.44. The topological polar surface area (TPSA) is 113 Å². The van der Waals surface area contributed by atoms with Gasteiger partial charge in [-0.25, -0.2) is 22.2 Å². The highest BCUT2D eigenvalue weighted by molar-refractivity contribution is 7.90. The smallest absolute Gasteiger partial charge is 0.267 e. The summed E-state index contributed by atoms with van der Waals surface area (Å²) >= 11 is 6.45. The summed E-state index contributed by atoms with van der Waals surface area (Å²) in [5.74, 6) is -2.73. The predicted octanol–water partition coefficient (Wildman–Crippen LogP) is 3.65. The number of aryl methyl sites for hydroxylation is 3. The second-order valence-corrected chi connectivity index (χ2v) is 11.2. The van der Waals surface area contributed by atoms with Crippen molar-refractivity contribution in [2.75, 3.05) is 6.26 Å². The normalized spacial score (nSPS) is 18.8. The monoisotopic (exact) mass is 549 g/mol. The fraction of sp³-hybridized carbons (Fsp3) is 0.292. The van der Waals surface area contributed by atoms with E-state index in [4.69, 9.17) is 15.7 Å². The SMILES string of the molecule is [2H]C([2H])([2H])n1ncc([C@H]2C[C@@H]2c2nc(C)n(-c3c(C)cnc(-c4cccc(S(C)(=O)=O)c4F)c3F)c(=O)c2Cl)n1. The van der Waals surface area contributed by atoms with Crippen molar-refractivity contribution in [3.63, 3.8) is 0 Å². The van der Waals surface area contributed by atoms with Crippen LogP contribution in [-0.2, 0) is 16.8 Å². The van der Waals surface area contributed by atoms with Gasteiger partial charge in [-0.2, -0.15) is 15.0 Å². The third kappa shape index (κ3) is 4.23. The highest BCUT2D eigenvalue weighted by Crippen LogP contribution is 2.54. The summed E-state index contributed by atoms with van der Waals surface area (Å²) in [6.45, 7) is 0.445. The van der Waals surface area contributed by atoms with Crippen molar-refractivity contribution in [1.82, 2.24) is 29.5 Å². The van der Waals surface area contributed by atoms with E-state index in [1.807, 2.05) is 0 Å². The van der Waals surface area contributed by atoms with Crippen LogP contribution in [0.15, 0.2) is 40.3 Å².